The minimum atomic E-state index is -0.445. The number of pyridine rings is 1. The number of benzene rings is 1. The molecule has 3 aromatic heterocycles. The summed E-state index contributed by atoms with van der Waals surface area (Å²) in [7, 11) is 1.95. The number of carbonyl (C=O) groups is 2. The van der Waals surface area contributed by atoms with Crippen molar-refractivity contribution in [2.75, 3.05) is 0 Å². The zero-order valence-electron chi connectivity index (χ0n) is 16.5. The molecule has 1 saturated heterocycles. The molecule has 0 spiro atoms. The van der Waals surface area contributed by atoms with Crippen molar-refractivity contribution in [2.24, 2.45) is 7.05 Å². The number of fused-ring (bicyclic) bond motifs is 3. The fourth-order valence-corrected chi connectivity index (χ4v) is 4.69. The third-order valence-corrected chi connectivity index (χ3v) is 6.42. The van der Waals surface area contributed by atoms with Crippen molar-refractivity contribution in [3.63, 3.8) is 0 Å². The van der Waals surface area contributed by atoms with E-state index in [-0.39, 0.29) is 17.9 Å². The van der Waals surface area contributed by atoms with E-state index in [1.54, 1.807) is 12.5 Å². The average molecular weight is 420 g/mol. The first-order valence-corrected chi connectivity index (χ1v) is 10.6. The van der Waals surface area contributed by atoms with E-state index in [4.69, 9.17) is 4.98 Å². The van der Waals surface area contributed by atoms with Crippen LogP contribution in [0.3, 0.4) is 0 Å². The van der Waals surface area contributed by atoms with Crippen LogP contribution in [0.5, 0.6) is 0 Å². The summed E-state index contributed by atoms with van der Waals surface area (Å²) in [6.07, 6.45) is 4.48. The van der Waals surface area contributed by atoms with Gasteiger partial charge in [0, 0.05) is 19.0 Å². The summed E-state index contributed by atoms with van der Waals surface area (Å²) in [5.74, 6) is -0.224. The largest absolute Gasteiger partial charge is 0.348 e. The summed E-state index contributed by atoms with van der Waals surface area (Å²) >= 11 is 1.53. The summed E-state index contributed by atoms with van der Waals surface area (Å²) in [4.78, 5) is 38.4. The number of hydrogen-bond donors (Lipinski definition) is 2. The lowest BCUT2D eigenvalue weighted by Gasteiger charge is -2.18. The Morgan fingerprint density at radius 2 is 2.23 bits per heavy atom. The first-order chi connectivity index (χ1) is 14.5. The highest BCUT2D eigenvalue weighted by Gasteiger charge is 2.28. The zero-order valence-corrected chi connectivity index (χ0v) is 17.4. The minimum Gasteiger partial charge on any atom is -0.348 e. The fraction of sp³-hybridized carbons (Fsp3) is 0.286. The van der Waals surface area contributed by atoms with Gasteiger partial charge in [0.05, 0.1) is 24.1 Å². The molecule has 8 nitrogen and oxygen atoms in total. The van der Waals surface area contributed by atoms with E-state index in [0.717, 1.165) is 37.5 Å². The van der Waals surface area contributed by atoms with Crippen LogP contribution in [0.4, 0.5) is 0 Å². The van der Waals surface area contributed by atoms with Gasteiger partial charge in [0.2, 0.25) is 11.8 Å². The molecule has 5 rings (SSSR count). The molecular weight excluding hydrogens is 400 g/mol. The van der Waals surface area contributed by atoms with Gasteiger partial charge < -0.3 is 15.2 Å². The van der Waals surface area contributed by atoms with Crippen molar-refractivity contribution in [3.05, 3.63) is 42.4 Å². The maximum atomic E-state index is 12.4. The van der Waals surface area contributed by atoms with Crippen LogP contribution in [0.1, 0.15) is 31.4 Å². The van der Waals surface area contributed by atoms with Crippen LogP contribution < -0.4 is 10.6 Å². The van der Waals surface area contributed by atoms with Crippen molar-refractivity contribution >= 4 is 44.5 Å². The highest BCUT2D eigenvalue weighted by Crippen LogP contribution is 2.33. The maximum absolute atomic E-state index is 12.4. The monoisotopic (exact) mass is 420 g/mol. The quantitative estimate of drug-likeness (QED) is 0.529. The van der Waals surface area contributed by atoms with Crippen LogP contribution >= 0.6 is 11.3 Å². The summed E-state index contributed by atoms with van der Waals surface area (Å²) < 4.78 is 1.96. The molecule has 0 bridgehead atoms. The predicted octanol–water partition coefficient (Wildman–Crippen LogP) is 2.70. The minimum absolute atomic E-state index is 0.0724. The highest BCUT2D eigenvalue weighted by molar-refractivity contribution is 7.21. The Morgan fingerprint density at radius 3 is 3.03 bits per heavy atom. The Hall–Kier alpha value is -3.33. The number of aromatic nitrogens is 4. The third-order valence-electron chi connectivity index (χ3n) is 5.41. The number of imidazole rings is 1. The second-order valence-electron chi connectivity index (χ2n) is 7.53. The Kier molecular flexibility index (Phi) is 4.47. The van der Waals surface area contributed by atoms with Crippen molar-refractivity contribution < 1.29 is 9.59 Å². The fourth-order valence-electron chi connectivity index (χ4n) is 3.78. The molecule has 1 aliphatic heterocycles. The van der Waals surface area contributed by atoms with E-state index < -0.39 is 6.04 Å². The molecule has 1 aromatic carbocycles. The van der Waals surface area contributed by atoms with Crippen LogP contribution in [-0.4, -0.2) is 37.4 Å². The lowest BCUT2D eigenvalue weighted by atomic mass is 10.0. The van der Waals surface area contributed by atoms with Gasteiger partial charge in [0.1, 0.15) is 26.9 Å². The van der Waals surface area contributed by atoms with E-state index in [2.05, 4.69) is 20.6 Å². The smallest absolute Gasteiger partial charge is 0.243 e. The molecule has 2 atom stereocenters. The molecule has 1 aliphatic rings. The summed E-state index contributed by atoms with van der Waals surface area (Å²) in [5, 5.41) is 6.57. The van der Waals surface area contributed by atoms with Crippen LogP contribution in [0.25, 0.3) is 32.0 Å². The number of rotatable bonds is 4. The van der Waals surface area contributed by atoms with Gasteiger partial charge in [-0.3, -0.25) is 9.59 Å². The van der Waals surface area contributed by atoms with Gasteiger partial charge in [-0.2, -0.15) is 0 Å². The third kappa shape index (κ3) is 3.21. The van der Waals surface area contributed by atoms with Gasteiger partial charge >= 0.3 is 0 Å². The lowest BCUT2D eigenvalue weighted by molar-refractivity contribution is -0.126. The molecule has 9 heteroatoms. The molecular formula is C21H20N6O2S. The maximum Gasteiger partial charge on any atom is 0.243 e. The van der Waals surface area contributed by atoms with E-state index in [0.29, 0.717) is 12.8 Å². The molecule has 2 amide bonds. The number of carbonyl (C=O) groups excluding carboxylic acids is 2. The van der Waals surface area contributed by atoms with Gasteiger partial charge in [-0.15, -0.1) is 0 Å². The molecule has 0 unspecified atom stereocenters. The molecule has 4 aromatic rings. The first-order valence-electron chi connectivity index (χ1n) is 9.76. The van der Waals surface area contributed by atoms with Crippen LogP contribution in [0.15, 0.2) is 36.8 Å². The van der Waals surface area contributed by atoms with E-state index >= 15 is 0 Å². The van der Waals surface area contributed by atoms with Gasteiger partial charge in [0.15, 0.2) is 0 Å². The summed E-state index contributed by atoms with van der Waals surface area (Å²) in [6, 6.07) is 7.35. The normalized spacial score (nSPS) is 17.4. The average Bonchev–Trinajstić information content (AvgIpc) is 3.46. The Balaban J connectivity index is 1.43. The number of hydrogen-bond acceptors (Lipinski definition) is 6. The molecule has 0 radical (unpaired) electrons. The van der Waals surface area contributed by atoms with Crippen LogP contribution in [0, 0.1) is 0 Å². The summed E-state index contributed by atoms with van der Waals surface area (Å²) in [6.45, 7) is 1.94. The zero-order chi connectivity index (χ0) is 20.8. The van der Waals surface area contributed by atoms with Gasteiger partial charge in [0.25, 0.3) is 0 Å². The summed E-state index contributed by atoms with van der Waals surface area (Å²) in [5.41, 5.74) is 4.59. The molecule has 2 N–H and O–H groups in total. The number of amides is 2. The van der Waals surface area contributed by atoms with E-state index in [1.165, 1.54) is 11.3 Å². The van der Waals surface area contributed by atoms with E-state index in [1.807, 2.05) is 42.8 Å². The van der Waals surface area contributed by atoms with Crippen LogP contribution in [0.2, 0.25) is 0 Å². The molecule has 4 heterocycles. The SMILES string of the molecule is C[C@H](NC(=O)[C@@H]1CCC(=O)N1)c1cccc(-c2nc3c(ncc4ncn(C)c43)s2)c1. The topological polar surface area (TPSA) is 102 Å². The second kappa shape index (κ2) is 7.17. The number of nitrogens with one attached hydrogen (secondary N) is 2. The van der Waals surface area contributed by atoms with Crippen LogP contribution in [-0.2, 0) is 16.6 Å². The van der Waals surface area contributed by atoms with Gasteiger partial charge in [-0.1, -0.05) is 29.5 Å². The van der Waals surface area contributed by atoms with Crippen molar-refractivity contribution in [1.29, 1.82) is 0 Å². The predicted molar refractivity (Wildman–Crippen MR) is 115 cm³/mol. The number of aryl methyl sites for hydroxylation is 1. The Bertz CT molecular complexity index is 1290. The first kappa shape index (κ1) is 18.7. The van der Waals surface area contributed by atoms with Crippen molar-refractivity contribution in [3.8, 4) is 10.6 Å². The van der Waals surface area contributed by atoms with Crippen molar-refractivity contribution in [1.82, 2.24) is 30.2 Å². The molecule has 0 saturated carbocycles. The number of nitrogens with zero attached hydrogens (tertiary/aromatic N) is 4. The van der Waals surface area contributed by atoms with E-state index in [9.17, 15) is 9.59 Å². The molecule has 30 heavy (non-hydrogen) atoms. The molecule has 1 fully saturated rings. The standard InChI is InChI=1S/C21H20N6O2S/c1-11(24-19(29)14-6-7-16(28)25-14)12-4-3-5-13(8-12)20-26-17-18-15(23-10-27(18)2)9-22-21(17)30-20/h3-5,8-11,14H,6-7H2,1-2H3,(H,24,29)(H,25,28)/t11-,14-/m0/s1. The van der Waals surface area contributed by atoms with Gasteiger partial charge in [-0.25, -0.2) is 15.0 Å². The Labute approximate surface area is 176 Å². The molecule has 152 valence electrons. The molecule has 0 aliphatic carbocycles. The Morgan fingerprint density at radius 1 is 1.37 bits per heavy atom. The second-order valence-corrected chi connectivity index (χ2v) is 8.51. The highest BCUT2D eigenvalue weighted by atomic mass is 32.1. The van der Waals surface area contributed by atoms with Gasteiger partial charge in [-0.05, 0) is 25.0 Å². The number of thiazole rings is 1. The lowest BCUT2D eigenvalue weighted by Crippen LogP contribution is -2.42. The van der Waals surface area contributed by atoms with Crippen molar-refractivity contribution in [2.45, 2.75) is 31.8 Å².